The minimum atomic E-state index is -0.479. The molecule has 24 heavy (non-hydrogen) atoms. The Balaban J connectivity index is 1.61. The van der Waals surface area contributed by atoms with E-state index < -0.39 is 4.92 Å². The number of nitro groups is 1. The molecule has 1 aromatic carbocycles. The molecule has 0 aliphatic carbocycles. The predicted molar refractivity (Wildman–Crippen MR) is 88.8 cm³/mol. The van der Waals surface area contributed by atoms with Gasteiger partial charge in [-0.05, 0) is 38.1 Å². The molecule has 1 fully saturated rings. The van der Waals surface area contributed by atoms with Gasteiger partial charge in [0.1, 0.15) is 5.76 Å². The average Bonchev–Trinajstić information content (AvgIpc) is 3.25. The van der Waals surface area contributed by atoms with Crippen molar-refractivity contribution in [2.24, 2.45) is 0 Å². The van der Waals surface area contributed by atoms with Gasteiger partial charge in [0.15, 0.2) is 0 Å². The standard InChI is InChI=1S/C17H19N3O4/c1-12(19-8-7-13(11-19)16-6-3-9-24-16)17(21)18-14-4-2-5-15(10-14)20(22)23/h2-6,9-10,12-13H,7-8,11H2,1H3,(H,18,21). The van der Waals surface area contributed by atoms with Crippen LogP contribution < -0.4 is 5.32 Å². The van der Waals surface area contributed by atoms with Gasteiger partial charge in [0, 0.05) is 30.3 Å². The van der Waals surface area contributed by atoms with Crippen LogP contribution in [0.1, 0.15) is 25.0 Å². The molecule has 1 amide bonds. The van der Waals surface area contributed by atoms with Crippen LogP contribution in [-0.4, -0.2) is 34.9 Å². The van der Waals surface area contributed by atoms with Crippen LogP contribution in [0.2, 0.25) is 0 Å². The van der Waals surface area contributed by atoms with Crippen molar-refractivity contribution < 1.29 is 14.1 Å². The van der Waals surface area contributed by atoms with Crippen LogP contribution in [0.3, 0.4) is 0 Å². The zero-order chi connectivity index (χ0) is 17.1. The molecule has 126 valence electrons. The number of nitrogens with one attached hydrogen (secondary N) is 1. The van der Waals surface area contributed by atoms with E-state index in [0.717, 1.165) is 25.3 Å². The van der Waals surface area contributed by atoms with Crippen molar-refractivity contribution >= 4 is 17.3 Å². The molecular weight excluding hydrogens is 310 g/mol. The minimum Gasteiger partial charge on any atom is -0.469 e. The maximum atomic E-state index is 12.4. The summed E-state index contributed by atoms with van der Waals surface area (Å²) in [6, 6.07) is 9.48. The first-order valence-electron chi connectivity index (χ1n) is 7.87. The lowest BCUT2D eigenvalue weighted by Crippen LogP contribution is -2.40. The number of carbonyl (C=O) groups excluding carboxylic acids is 1. The van der Waals surface area contributed by atoms with Crippen LogP contribution in [0.4, 0.5) is 11.4 Å². The van der Waals surface area contributed by atoms with Gasteiger partial charge < -0.3 is 9.73 Å². The molecule has 2 aromatic rings. The Bertz CT molecular complexity index is 729. The van der Waals surface area contributed by atoms with Crippen LogP contribution >= 0.6 is 0 Å². The fourth-order valence-electron chi connectivity index (χ4n) is 3.00. The second-order valence-corrected chi connectivity index (χ2v) is 5.97. The second kappa shape index (κ2) is 6.84. The third-order valence-electron chi connectivity index (χ3n) is 4.42. The molecule has 0 radical (unpaired) electrons. The molecule has 7 heteroatoms. The number of benzene rings is 1. The van der Waals surface area contributed by atoms with Gasteiger partial charge >= 0.3 is 0 Å². The van der Waals surface area contributed by atoms with Gasteiger partial charge in [-0.3, -0.25) is 19.8 Å². The Morgan fingerprint density at radius 3 is 2.96 bits per heavy atom. The molecule has 0 bridgehead atoms. The highest BCUT2D eigenvalue weighted by molar-refractivity contribution is 5.94. The summed E-state index contributed by atoms with van der Waals surface area (Å²) in [6.07, 6.45) is 2.61. The number of rotatable bonds is 5. The maximum Gasteiger partial charge on any atom is 0.271 e. The summed E-state index contributed by atoms with van der Waals surface area (Å²) < 4.78 is 5.45. The first-order chi connectivity index (χ1) is 11.5. The number of amides is 1. The van der Waals surface area contributed by atoms with Gasteiger partial charge in [0.2, 0.25) is 5.91 Å². The van der Waals surface area contributed by atoms with E-state index in [1.165, 1.54) is 12.1 Å². The molecule has 0 saturated carbocycles. The van der Waals surface area contributed by atoms with E-state index in [0.29, 0.717) is 11.6 Å². The van der Waals surface area contributed by atoms with E-state index in [1.54, 1.807) is 18.4 Å². The quantitative estimate of drug-likeness (QED) is 0.673. The number of hydrogen-bond donors (Lipinski definition) is 1. The van der Waals surface area contributed by atoms with Crippen molar-refractivity contribution in [3.8, 4) is 0 Å². The number of furan rings is 1. The summed E-state index contributed by atoms with van der Waals surface area (Å²) in [6.45, 7) is 3.42. The molecule has 2 unspecified atom stereocenters. The lowest BCUT2D eigenvalue weighted by Gasteiger charge is -2.23. The van der Waals surface area contributed by atoms with Crippen LogP contribution in [0.15, 0.2) is 47.1 Å². The lowest BCUT2D eigenvalue weighted by molar-refractivity contribution is -0.384. The number of nitro benzene ring substituents is 1. The van der Waals surface area contributed by atoms with Gasteiger partial charge in [0.05, 0.1) is 17.2 Å². The summed E-state index contributed by atoms with van der Waals surface area (Å²) >= 11 is 0. The summed E-state index contributed by atoms with van der Waals surface area (Å²) in [5, 5.41) is 13.6. The minimum absolute atomic E-state index is 0.0421. The largest absolute Gasteiger partial charge is 0.469 e. The zero-order valence-electron chi connectivity index (χ0n) is 13.3. The van der Waals surface area contributed by atoms with Crippen molar-refractivity contribution in [1.82, 2.24) is 4.90 Å². The normalized spacial score (nSPS) is 19.1. The van der Waals surface area contributed by atoms with E-state index >= 15 is 0 Å². The van der Waals surface area contributed by atoms with Crippen LogP contribution in [0.5, 0.6) is 0 Å². The van der Waals surface area contributed by atoms with Crippen LogP contribution in [0.25, 0.3) is 0 Å². The first kappa shape index (κ1) is 16.2. The van der Waals surface area contributed by atoms with E-state index in [2.05, 4.69) is 10.2 Å². The van der Waals surface area contributed by atoms with Crippen molar-refractivity contribution in [3.63, 3.8) is 0 Å². The molecule has 1 aromatic heterocycles. The molecule has 1 aliphatic heterocycles. The summed E-state index contributed by atoms with van der Waals surface area (Å²) in [7, 11) is 0. The number of hydrogen-bond acceptors (Lipinski definition) is 5. The predicted octanol–water partition coefficient (Wildman–Crippen LogP) is 3.00. The van der Waals surface area contributed by atoms with E-state index in [1.807, 2.05) is 19.1 Å². The Hall–Kier alpha value is -2.67. The summed E-state index contributed by atoms with van der Waals surface area (Å²) in [4.78, 5) is 24.9. The third kappa shape index (κ3) is 3.46. The van der Waals surface area contributed by atoms with Gasteiger partial charge in [-0.25, -0.2) is 0 Å². The number of carbonyl (C=O) groups is 1. The summed E-state index contributed by atoms with van der Waals surface area (Å²) in [5.74, 6) is 1.08. The highest BCUT2D eigenvalue weighted by atomic mass is 16.6. The van der Waals surface area contributed by atoms with Crippen LogP contribution in [0, 0.1) is 10.1 Å². The number of non-ortho nitro benzene ring substituents is 1. The molecule has 1 N–H and O–H groups in total. The molecule has 1 saturated heterocycles. The second-order valence-electron chi connectivity index (χ2n) is 5.97. The SMILES string of the molecule is CC(C(=O)Nc1cccc([N+](=O)[O-])c1)N1CCC(c2ccco2)C1. The van der Waals surface area contributed by atoms with Crippen molar-refractivity contribution in [2.45, 2.75) is 25.3 Å². The Morgan fingerprint density at radius 1 is 1.42 bits per heavy atom. The average molecular weight is 329 g/mol. The maximum absolute atomic E-state index is 12.4. The highest BCUT2D eigenvalue weighted by Gasteiger charge is 2.31. The van der Waals surface area contributed by atoms with Crippen molar-refractivity contribution in [2.75, 3.05) is 18.4 Å². The summed E-state index contributed by atoms with van der Waals surface area (Å²) in [5.41, 5.74) is 0.391. The molecule has 0 spiro atoms. The Morgan fingerprint density at radius 2 is 2.25 bits per heavy atom. The molecule has 7 nitrogen and oxygen atoms in total. The molecule has 2 atom stereocenters. The monoisotopic (exact) mass is 329 g/mol. The fourth-order valence-corrected chi connectivity index (χ4v) is 3.00. The highest BCUT2D eigenvalue weighted by Crippen LogP contribution is 2.29. The number of likely N-dealkylation sites (tertiary alicyclic amines) is 1. The Kier molecular flexibility index (Phi) is 4.61. The van der Waals surface area contributed by atoms with Crippen molar-refractivity contribution in [1.29, 1.82) is 0 Å². The topological polar surface area (TPSA) is 88.6 Å². The number of nitrogens with zero attached hydrogens (tertiary/aromatic N) is 2. The van der Waals surface area contributed by atoms with Crippen LogP contribution in [-0.2, 0) is 4.79 Å². The van der Waals surface area contributed by atoms with Crippen molar-refractivity contribution in [3.05, 3.63) is 58.5 Å². The molecule has 2 heterocycles. The van der Waals surface area contributed by atoms with Gasteiger partial charge in [-0.1, -0.05) is 6.07 Å². The molecule has 1 aliphatic rings. The first-order valence-corrected chi connectivity index (χ1v) is 7.87. The van der Waals surface area contributed by atoms with Gasteiger partial charge in [0.25, 0.3) is 5.69 Å². The lowest BCUT2D eigenvalue weighted by atomic mass is 10.1. The number of anilines is 1. The molecule has 3 rings (SSSR count). The third-order valence-corrected chi connectivity index (χ3v) is 4.42. The molecular formula is C17H19N3O4. The Labute approximate surface area is 139 Å². The van der Waals surface area contributed by atoms with E-state index in [4.69, 9.17) is 4.42 Å². The van der Waals surface area contributed by atoms with Gasteiger partial charge in [-0.2, -0.15) is 0 Å². The van der Waals surface area contributed by atoms with E-state index in [9.17, 15) is 14.9 Å². The zero-order valence-corrected chi connectivity index (χ0v) is 13.3. The van der Waals surface area contributed by atoms with Gasteiger partial charge in [-0.15, -0.1) is 0 Å². The fraction of sp³-hybridized carbons (Fsp3) is 0.353. The van der Waals surface area contributed by atoms with E-state index in [-0.39, 0.29) is 17.6 Å². The smallest absolute Gasteiger partial charge is 0.271 e.